The number of ether oxygens (including phenoxy) is 1. The van der Waals surface area contributed by atoms with Crippen LogP contribution in [-0.4, -0.2) is 34.7 Å². The highest BCUT2D eigenvalue weighted by molar-refractivity contribution is 5.83. The Morgan fingerprint density at radius 1 is 1.03 bits per heavy atom. The molecule has 0 aliphatic carbocycles. The van der Waals surface area contributed by atoms with E-state index in [2.05, 4.69) is 48.3 Å². The second kappa shape index (κ2) is 8.70. The zero-order valence-corrected chi connectivity index (χ0v) is 19.0. The molecule has 0 saturated carbocycles. The lowest BCUT2D eigenvalue weighted by Gasteiger charge is -2.36. The van der Waals surface area contributed by atoms with Gasteiger partial charge < -0.3 is 9.64 Å². The molecule has 1 saturated heterocycles. The van der Waals surface area contributed by atoms with Gasteiger partial charge in [-0.05, 0) is 68.7 Å². The summed E-state index contributed by atoms with van der Waals surface area (Å²) >= 11 is 0. The summed E-state index contributed by atoms with van der Waals surface area (Å²) in [5.41, 5.74) is 4.27. The number of likely N-dealkylation sites (tertiary alicyclic amines) is 1. The van der Waals surface area contributed by atoms with Gasteiger partial charge in [-0.2, -0.15) is 0 Å². The predicted octanol–water partition coefficient (Wildman–Crippen LogP) is 6.65. The van der Waals surface area contributed by atoms with Gasteiger partial charge in [0.15, 0.2) is 0 Å². The molecule has 4 heteroatoms. The van der Waals surface area contributed by atoms with Crippen LogP contribution in [0.4, 0.5) is 4.79 Å². The van der Waals surface area contributed by atoms with Crippen LogP contribution >= 0.6 is 0 Å². The van der Waals surface area contributed by atoms with Crippen molar-refractivity contribution >= 4 is 17.0 Å². The number of amides is 1. The second-order valence-corrected chi connectivity index (χ2v) is 9.63. The maximum atomic E-state index is 12.3. The van der Waals surface area contributed by atoms with Crippen molar-refractivity contribution in [2.45, 2.75) is 52.1 Å². The highest BCUT2D eigenvalue weighted by Gasteiger charge is 2.29. The first-order chi connectivity index (χ1) is 14.8. The third-order valence-corrected chi connectivity index (χ3v) is 6.26. The Morgan fingerprint density at radius 2 is 1.71 bits per heavy atom. The minimum Gasteiger partial charge on any atom is -0.444 e. The molecule has 1 aliphatic heterocycles. The van der Waals surface area contributed by atoms with E-state index < -0.39 is 5.60 Å². The molecule has 4 nitrogen and oxygen atoms in total. The fourth-order valence-corrected chi connectivity index (χ4v) is 4.39. The van der Waals surface area contributed by atoms with Gasteiger partial charge in [-0.3, -0.25) is 4.98 Å². The summed E-state index contributed by atoms with van der Waals surface area (Å²) < 4.78 is 5.52. The van der Waals surface area contributed by atoms with Gasteiger partial charge in [0, 0.05) is 30.2 Å². The van der Waals surface area contributed by atoms with Crippen molar-refractivity contribution in [1.82, 2.24) is 9.88 Å². The van der Waals surface area contributed by atoms with Crippen molar-refractivity contribution < 1.29 is 9.53 Å². The van der Waals surface area contributed by atoms with Gasteiger partial charge in [0.1, 0.15) is 5.60 Å². The third-order valence-electron chi connectivity index (χ3n) is 6.26. The molecule has 4 rings (SSSR count). The quantitative estimate of drug-likeness (QED) is 0.480. The monoisotopic (exact) mass is 416 g/mol. The molecule has 0 spiro atoms. The van der Waals surface area contributed by atoms with Gasteiger partial charge >= 0.3 is 6.09 Å². The van der Waals surface area contributed by atoms with Crippen molar-refractivity contribution in [2.24, 2.45) is 5.92 Å². The van der Waals surface area contributed by atoms with Gasteiger partial charge in [-0.15, -0.1) is 0 Å². The summed E-state index contributed by atoms with van der Waals surface area (Å²) in [7, 11) is 0. The van der Waals surface area contributed by atoms with E-state index in [9.17, 15) is 4.79 Å². The number of para-hydroxylation sites is 1. The van der Waals surface area contributed by atoms with E-state index in [1.54, 1.807) is 0 Å². The number of carbonyl (C=O) groups is 1. The van der Waals surface area contributed by atoms with Crippen LogP contribution in [0.3, 0.4) is 0 Å². The molecule has 2 aromatic carbocycles. The molecule has 1 aliphatic rings. The second-order valence-electron chi connectivity index (χ2n) is 9.63. The van der Waals surface area contributed by atoms with E-state index in [0.29, 0.717) is 11.8 Å². The van der Waals surface area contributed by atoms with E-state index in [4.69, 9.17) is 4.74 Å². The zero-order valence-electron chi connectivity index (χ0n) is 19.0. The fourth-order valence-electron chi connectivity index (χ4n) is 4.39. The molecule has 0 bridgehead atoms. The maximum absolute atomic E-state index is 12.3. The Morgan fingerprint density at radius 3 is 2.39 bits per heavy atom. The highest BCUT2D eigenvalue weighted by atomic mass is 16.6. The van der Waals surface area contributed by atoms with Gasteiger partial charge in [-0.1, -0.05) is 49.4 Å². The van der Waals surface area contributed by atoms with E-state index in [0.717, 1.165) is 42.4 Å². The summed E-state index contributed by atoms with van der Waals surface area (Å²) in [6.45, 7) is 9.59. The van der Waals surface area contributed by atoms with Crippen molar-refractivity contribution in [1.29, 1.82) is 0 Å². The van der Waals surface area contributed by atoms with Gasteiger partial charge in [-0.25, -0.2) is 4.79 Å². The average molecular weight is 417 g/mol. The van der Waals surface area contributed by atoms with Crippen molar-refractivity contribution in [3.05, 3.63) is 66.4 Å². The summed E-state index contributed by atoms with van der Waals surface area (Å²) in [5.74, 6) is 1.04. The minimum atomic E-state index is -0.441. The van der Waals surface area contributed by atoms with E-state index in [1.807, 2.05) is 50.1 Å². The molecular weight excluding hydrogens is 384 g/mol. The van der Waals surface area contributed by atoms with Crippen LogP contribution in [0, 0.1) is 5.92 Å². The molecule has 2 heterocycles. The van der Waals surface area contributed by atoms with Crippen LogP contribution < -0.4 is 0 Å². The summed E-state index contributed by atoms with van der Waals surface area (Å²) in [5, 5.41) is 1.16. The van der Waals surface area contributed by atoms with E-state index >= 15 is 0 Å². The molecule has 1 atom stereocenters. The highest BCUT2D eigenvalue weighted by Crippen LogP contribution is 2.34. The van der Waals surface area contributed by atoms with Crippen LogP contribution in [0.25, 0.3) is 22.0 Å². The average Bonchev–Trinajstić information content (AvgIpc) is 2.77. The standard InChI is InChI=1S/C27H32N2O2/c1-19(21-13-15-29(16-14-21)26(30)31-27(2,3)4)20-9-11-22(12-10-20)24-17-23-7-5-6-8-25(23)28-18-24/h5-12,17-19,21H,13-16H2,1-4H3. The van der Waals surface area contributed by atoms with E-state index in [1.165, 1.54) is 11.1 Å². The number of fused-ring (bicyclic) bond motifs is 1. The normalized spacial score (nSPS) is 16.3. The van der Waals surface area contributed by atoms with Gasteiger partial charge in [0.05, 0.1) is 5.52 Å². The molecular formula is C27H32N2O2. The molecule has 1 amide bonds. The number of nitrogens with zero attached hydrogens (tertiary/aromatic N) is 2. The third kappa shape index (κ3) is 5.07. The zero-order chi connectivity index (χ0) is 22.0. The lowest BCUT2D eigenvalue weighted by molar-refractivity contribution is 0.0176. The maximum Gasteiger partial charge on any atom is 0.410 e. The van der Waals surface area contributed by atoms with Crippen LogP contribution in [-0.2, 0) is 4.74 Å². The smallest absolute Gasteiger partial charge is 0.410 e. The number of aromatic nitrogens is 1. The van der Waals surface area contributed by atoms with Crippen LogP contribution in [0.5, 0.6) is 0 Å². The van der Waals surface area contributed by atoms with Crippen LogP contribution in [0.1, 0.15) is 52.0 Å². The first-order valence-electron chi connectivity index (χ1n) is 11.2. The lowest BCUT2D eigenvalue weighted by Crippen LogP contribution is -2.42. The Kier molecular flexibility index (Phi) is 5.99. The SMILES string of the molecule is CC(c1ccc(-c2cnc3ccccc3c2)cc1)C1CCN(C(=O)OC(C)(C)C)CC1. The van der Waals surface area contributed by atoms with Crippen LogP contribution in [0.15, 0.2) is 60.8 Å². The number of benzene rings is 2. The number of hydrogen-bond acceptors (Lipinski definition) is 3. The Balaban J connectivity index is 1.39. The Hall–Kier alpha value is -2.88. The van der Waals surface area contributed by atoms with Crippen molar-refractivity contribution in [3.8, 4) is 11.1 Å². The molecule has 3 aromatic rings. The minimum absolute atomic E-state index is 0.188. The molecule has 1 unspecified atom stereocenters. The van der Waals surface area contributed by atoms with Crippen LogP contribution in [0.2, 0.25) is 0 Å². The Labute approximate surface area is 185 Å². The molecule has 162 valence electrons. The number of piperidine rings is 1. The molecule has 1 fully saturated rings. The van der Waals surface area contributed by atoms with Crippen molar-refractivity contribution in [3.63, 3.8) is 0 Å². The van der Waals surface area contributed by atoms with E-state index in [-0.39, 0.29) is 6.09 Å². The molecule has 1 aromatic heterocycles. The summed E-state index contributed by atoms with van der Waals surface area (Å²) in [6.07, 6.45) is 3.78. The largest absolute Gasteiger partial charge is 0.444 e. The first kappa shape index (κ1) is 21.4. The molecule has 0 radical (unpaired) electrons. The first-order valence-corrected chi connectivity index (χ1v) is 11.2. The van der Waals surface area contributed by atoms with Crippen molar-refractivity contribution in [2.75, 3.05) is 13.1 Å². The molecule has 31 heavy (non-hydrogen) atoms. The molecule has 0 N–H and O–H groups in total. The van der Waals surface area contributed by atoms with Gasteiger partial charge in [0.2, 0.25) is 0 Å². The summed E-state index contributed by atoms with van der Waals surface area (Å²) in [4.78, 5) is 18.8. The van der Waals surface area contributed by atoms with Gasteiger partial charge in [0.25, 0.3) is 0 Å². The predicted molar refractivity (Wildman–Crippen MR) is 126 cm³/mol. The lowest BCUT2D eigenvalue weighted by atomic mass is 9.81. The Bertz CT molecular complexity index is 1040. The number of pyridine rings is 1. The number of hydrogen-bond donors (Lipinski definition) is 0. The summed E-state index contributed by atoms with van der Waals surface area (Å²) in [6, 6.07) is 19.3. The number of carbonyl (C=O) groups excluding carboxylic acids is 1. The number of rotatable bonds is 3. The fraction of sp³-hybridized carbons (Fsp3) is 0.407. The topological polar surface area (TPSA) is 42.4 Å².